The quantitative estimate of drug-likeness (QED) is 0.555. The lowest BCUT2D eigenvalue weighted by molar-refractivity contribution is -0.121. The van der Waals surface area contributed by atoms with Gasteiger partial charge in [-0.3, -0.25) is 9.59 Å². The highest BCUT2D eigenvalue weighted by molar-refractivity contribution is 5.77. The fourth-order valence-electron chi connectivity index (χ4n) is 0.885. The summed E-state index contributed by atoms with van der Waals surface area (Å²) in [7, 11) is 1.62. The van der Waals surface area contributed by atoms with Crippen molar-refractivity contribution in [2.45, 2.75) is 19.8 Å². The number of methoxy groups -OCH3 is 1. The second-order valence-electron chi connectivity index (χ2n) is 2.93. The molecule has 5 nitrogen and oxygen atoms in total. The Morgan fingerprint density at radius 3 is 2.50 bits per heavy atom. The van der Waals surface area contributed by atoms with Crippen molar-refractivity contribution in [2.24, 2.45) is 0 Å². The highest BCUT2D eigenvalue weighted by atomic mass is 16.5. The van der Waals surface area contributed by atoms with Crippen LogP contribution in [0.5, 0.6) is 0 Å². The Labute approximate surface area is 84.2 Å². The van der Waals surface area contributed by atoms with Gasteiger partial charge in [-0.05, 0) is 6.42 Å². The van der Waals surface area contributed by atoms with Crippen molar-refractivity contribution in [3.8, 4) is 0 Å². The van der Waals surface area contributed by atoms with Crippen LogP contribution in [0.25, 0.3) is 0 Å². The van der Waals surface area contributed by atoms with Gasteiger partial charge in [-0.1, -0.05) is 0 Å². The summed E-state index contributed by atoms with van der Waals surface area (Å²) in [5.41, 5.74) is 0. The van der Waals surface area contributed by atoms with Gasteiger partial charge in [-0.2, -0.15) is 0 Å². The first-order chi connectivity index (χ1) is 6.66. The number of hydrogen-bond donors (Lipinski definition) is 2. The molecule has 5 heteroatoms. The highest BCUT2D eigenvalue weighted by Crippen LogP contribution is 1.81. The van der Waals surface area contributed by atoms with Crippen LogP contribution in [0.15, 0.2) is 0 Å². The van der Waals surface area contributed by atoms with Crippen LogP contribution in [0, 0.1) is 0 Å². The van der Waals surface area contributed by atoms with Crippen LogP contribution >= 0.6 is 0 Å². The van der Waals surface area contributed by atoms with Crippen LogP contribution in [0.2, 0.25) is 0 Å². The maximum absolute atomic E-state index is 11.1. The molecule has 0 fully saturated rings. The van der Waals surface area contributed by atoms with Gasteiger partial charge in [0, 0.05) is 40.2 Å². The summed E-state index contributed by atoms with van der Waals surface area (Å²) >= 11 is 0. The van der Waals surface area contributed by atoms with Crippen LogP contribution < -0.4 is 10.6 Å². The van der Waals surface area contributed by atoms with E-state index in [4.69, 9.17) is 4.74 Å². The lowest BCUT2D eigenvalue weighted by Gasteiger charge is -2.04. The summed E-state index contributed by atoms with van der Waals surface area (Å²) < 4.78 is 4.83. The standard InChI is InChI=1S/C9H18N2O3/c1-8(12)10-6-4-9(13)11-5-3-7-14-2/h3-7H2,1-2H3,(H,10,12)(H,11,13). The molecule has 14 heavy (non-hydrogen) atoms. The van der Waals surface area contributed by atoms with E-state index in [2.05, 4.69) is 10.6 Å². The third kappa shape index (κ3) is 8.99. The molecule has 0 aromatic heterocycles. The molecule has 0 spiro atoms. The first-order valence-electron chi connectivity index (χ1n) is 4.67. The van der Waals surface area contributed by atoms with Gasteiger partial charge in [0.05, 0.1) is 0 Å². The van der Waals surface area contributed by atoms with E-state index >= 15 is 0 Å². The Morgan fingerprint density at radius 1 is 1.21 bits per heavy atom. The summed E-state index contributed by atoms with van der Waals surface area (Å²) in [4.78, 5) is 21.5. The maximum atomic E-state index is 11.1. The average molecular weight is 202 g/mol. The minimum absolute atomic E-state index is 0.0464. The van der Waals surface area contributed by atoms with Crippen molar-refractivity contribution in [3.05, 3.63) is 0 Å². The number of carbonyl (C=O) groups excluding carboxylic acids is 2. The average Bonchev–Trinajstić information content (AvgIpc) is 2.12. The van der Waals surface area contributed by atoms with Crippen molar-refractivity contribution in [1.82, 2.24) is 10.6 Å². The molecule has 0 unspecified atom stereocenters. The fraction of sp³-hybridized carbons (Fsp3) is 0.778. The van der Waals surface area contributed by atoms with E-state index in [1.54, 1.807) is 7.11 Å². The third-order valence-electron chi connectivity index (χ3n) is 1.57. The molecule has 2 amide bonds. The molecule has 0 heterocycles. The summed E-state index contributed by atoms with van der Waals surface area (Å²) in [5, 5.41) is 5.27. The maximum Gasteiger partial charge on any atom is 0.221 e. The van der Waals surface area contributed by atoms with Crippen molar-refractivity contribution < 1.29 is 14.3 Å². The minimum Gasteiger partial charge on any atom is -0.385 e. The normalized spacial score (nSPS) is 9.57. The monoisotopic (exact) mass is 202 g/mol. The van der Waals surface area contributed by atoms with Crippen LogP contribution in [0.3, 0.4) is 0 Å². The second-order valence-corrected chi connectivity index (χ2v) is 2.93. The minimum atomic E-state index is -0.114. The van der Waals surface area contributed by atoms with Crippen LogP contribution in [-0.4, -0.2) is 38.6 Å². The van der Waals surface area contributed by atoms with E-state index < -0.39 is 0 Å². The Bertz CT molecular complexity index is 183. The molecule has 0 aliphatic carbocycles. The van der Waals surface area contributed by atoms with E-state index in [1.165, 1.54) is 6.92 Å². The van der Waals surface area contributed by atoms with Crippen molar-refractivity contribution in [1.29, 1.82) is 0 Å². The van der Waals surface area contributed by atoms with Gasteiger partial charge in [0.2, 0.25) is 11.8 Å². The largest absolute Gasteiger partial charge is 0.385 e. The Balaban J connectivity index is 3.24. The molecular formula is C9H18N2O3. The lowest BCUT2D eigenvalue weighted by Crippen LogP contribution is -2.30. The predicted octanol–water partition coefficient (Wildman–Crippen LogP) is -0.335. The second kappa shape index (κ2) is 8.50. The number of nitrogens with one attached hydrogen (secondary N) is 2. The van der Waals surface area contributed by atoms with Crippen molar-refractivity contribution >= 4 is 11.8 Å². The van der Waals surface area contributed by atoms with Crippen molar-refractivity contribution in [3.63, 3.8) is 0 Å². The van der Waals surface area contributed by atoms with Gasteiger partial charge in [0.1, 0.15) is 0 Å². The van der Waals surface area contributed by atoms with Gasteiger partial charge < -0.3 is 15.4 Å². The van der Waals surface area contributed by atoms with Crippen LogP contribution in [0.4, 0.5) is 0 Å². The highest BCUT2D eigenvalue weighted by Gasteiger charge is 1.99. The van der Waals surface area contributed by atoms with E-state index in [9.17, 15) is 9.59 Å². The molecule has 0 radical (unpaired) electrons. The first-order valence-corrected chi connectivity index (χ1v) is 4.67. The molecule has 0 saturated carbocycles. The summed E-state index contributed by atoms with van der Waals surface area (Å²) in [6.07, 6.45) is 1.13. The zero-order valence-corrected chi connectivity index (χ0v) is 8.76. The van der Waals surface area contributed by atoms with Gasteiger partial charge in [0.15, 0.2) is 0 Å². The first kappa shape index (κ1) is 12.9. The Morgan fingerprint density at radius 2 is 1.93 bits per heavy atom. The van der Waals surface area contributed by atoms with Gasteiger partial charge in [-0.25, -0.2) is 0 Å². The molecule has 0 aliphatic heterocycles. The van der Waals surface area contributed by atoms with E-state index in [-0.39, 0.29) is 11.8 Å². The van der Waals surface area contributed by atoms with Gasteiger partial charge in [-0.15, -0.1) is 0 Å². The number of hydrogen-bond acceptors (Lipinski definition) is 3. The predicted molar refractivity (Wildman–Crippen MR) is 52.8 cm³/mol. The molecule has 2 N–H and O–H groups in total. The smallest absolute Gasteiger partial charge is 0.221 e. The number of carbonyl (C=O) groups is 2. The third-order valence-corrected chi connectivity index (χ3v) is 1.57. The van der Waals surface area contributed by atoms with E-state index in [0.29, 0.717) is 26.1 Å². The van der Waals surface area contributed by atoms with E-state index in [0.717, 1.165) is 6.42 Å². The summed E-state index contributed by atoms with van der Waals surface area (Å²) in [5.74, 6) is -0.160. The number of rotatable bonds is 7. The molecule has 0 rings (SSSR count). The summed E-state index contributed by atoms with van der Waals surface area (Å²) in [6, 6.07) is 0. The van der Waals surface area contributed by atoms with Crippen LogP contribution in [-0.2, 0) is 14.3 Å². The molecular weight excluding hydrogens is 184 g/mol. The SMILES string of the molecule is COCCCNC(=O)CCNC(C)=O. The van der Waals surface area contributed by atoms with Gasteiger partial charge >= 0.3 is 0 Å². The molecule has 82 valence electrons. The lowest BCUT2D eigenvalue weighted by atomic mass is 10.3. The van der Waals surface area contributed by atoms with E-state index in [1.807, 2.05) is 0 Å². The van der Waals surface area contributed by atoms with Crippen LogP contribution in [0.1, 0.15) is 19.8 Å². The number of amides is 2. The van der Waals surface area contributed by atoms with Crippen molar-refractivity contribution in [2.75, 3.05) is 26.8 Å². The topological polar surface area (TPSA) is 67.4 Å². The van der Waals surface area contributed by atoms with Gasteiger partial charge in [0.25, 0.3) is 0 Å². The molecule has 0 saturated heterocycles. The molecule has 0 bridgehead atoms. The fourth-order valence-corrected chi connectivity index (χ4v) is 0.885. The molecule has 0 aromatic rings. The summed E-state index contributed by atoms with van der Waals surface area (Å²) in [6.45, 7) is 3.08. The number of ether oxygens (including phenoxy) is 1. The zero-order chi connectivity index (χ0) is 10.8. The molecule has 0 aliphatic rings. The zero-order valence-electron chi connectivity index (χ0n) is 8.76. The Kier molecular flexibility index (Phi) is 7.83. The molecule has 0 atom stereocenters. The Hall–Kier alpha value is -1.10. The molecule has 0 aromatic carbocycles.